The van der Waals surface area contributed by atoms with Gasteiger partial charge >= 0.3 is 0 Å². The average Bonchev–Trinajstić information content (AvgIpc) is 2.71. The summed E-state index contributed by atoms with van der Waals surface area (Å²) in [6, 6.07) is 2.18. The van der Waals surface area contributed by atoms with Crippen LogP contribution in [0.3, 0.4) is 0 Å². The van der Waals surface area contributed by atoms with E-state index in [0.29, 0.717) is 6.42 Å². The normalized spacial score (nSPS) is 13.1. The Morgan fingerprint density at radius 1 is 1.53 bits per heavy atom. The van der Waals surface area contributed by atoms with Crippen molar-refractivity contribution in [2.75, 3.05) is 7.05 Å². The molecule has 1 rings (SSSR count). The quantitative estimate of drug-likeness (QED) is 0.780. The summed E-state index contributed by atoms with van der Waals surface area (Å²) in [5, 5.41) is 13.8. The maximum Gasteiger partial charge on any atom is 0.107 e. The van der Waals surface area contributed by atoms with Crippen LogP contribution in [0, 0.1) is 18.3 Å². The summed E-state index contributed by atoms with van der Waals surface area (Å²) in [5.74, 6) is 0.995. The summed E-state index contributed by atoms with van der Waals surface area (Å²) in [6.45, 7) is 8.69. The SMILES string of the molecule is C=C/C=c1\c(=C(/C)NC)nc(C)n1CCCCC#N. The van der Waals surface area contributed by atoms with Gasteiger partial charge in [-0.25, -0.2) is 4.98 Å². The lowest BCUT2D eigenvalue weighted by Crippen LogP contribution is -2.34. The lowest BCUT2D eigenvalue weighted by Gasteiger charge is -2.04. The molecule has 1 aromatic rings. The van der Waals surface area contributed by atoms with E-state index in [2.05, 4.69) is 27.5 Å². The summed E-state index contributed by atoms with van der Waals surface area (Å²) in [4.78, 5) is 4.62. The van der Waals surface area contributed by atoms with Gasteiger partial charge < -0.3 is 9.88 Å². The van der Waals surface area contributed by atoms with E-state index in [0.717, 1.165) is 41.6 Å². The lowest BCUT2D eigenvalue weighted by molar-refractivity contribution is 0.592. The molecule has 0 spiro atoms. The molecular weight excluding hydrogens is 236 g/mol. The Morgan fingerprint density at radius 3 is 2.84 bits per heavy atom. The van der Waals surface area contributed by atoms with Crippen LogP contribution < -0.4 is 16.0 Å². The first-order valence-electron chi connectivity index (χ1n) is 6.57. The van der Waals surface area contributed by atoms with Crippen molar-refractivity contribution in [3.05, 3.63) is 29.2 Å². The van der Waals surface area contributed by atoms with Crippen LogP contribution in [0.25, 0.3) is 11.8 Å². The topological polar surface area (TPSA) is 53.6 Å². The predicted octanol–water partition coefficient (Wildman–Crippen LogP) is 1.20. The van der Waals surface area contributed by atoms with Crippen molar-refractivity contribution in [1.82, 2.24) is 14.9 Å². The highest BCUT2D eigenvalue weighted by atomic mass is 15.1. The molecule has 0 atom stereocenters. The number of hydrogen-bond donors (Lipinski definition) is 1. The number of nitriles is 1. The van der Waals surface area contributed by atoms with E-state index in [1.54, 1.807) is 6.08 Å². The summed E-state index contributed by atoms with van der Waals surface area (Å²) in [5.41, 5.74) is 1.05. The molecule has 0 aromatic carbocycles. The number of nitrogens with one attached hydrogen (secondary N) is 1. The summed E-state index contributed by atoms with van der Waals surface area (Å²) in [7, 11) is 1.90. The average molecular weight is 258 g/mol. The van der Waals surface area contributed by atoms with Gasteiger partial charge in [0.15, 0.2) is 0 Å². The molecule has 1 N–H and O–H groups in total. The summed E-state index contributed by atoms with van der Waals surface area (Å²) < 4.78 is 2.19. The van der Waals surface area contributed by atoms with Crippen LogP contribution in [0.15, 0.2) is 12.7 Å². The molecule has 0 saturated heterocycles. The van der Waals surface area contributed by atoms with Gasteiger partial charge in [-0.1, -0.05) is 12.7 Å². The Hall–Kier alpha value is -2.02. The Morgan fingerprint density at radius 2 is 2.26 bits per heavy atom. The van der Waals surface area contributed by atoms with Crippen molar-refractivity contribution in [2.45, 2.75) is 39.7 Å². The molecule has 102 valence electrons. The van der Waals surface area contributed by atoms with Crippen LogP contribution in [-0.4, -0.2) is 16.6 Å². The molecule has 0 fully saturated rings. The molecule has 4 nitrogen and oxygen atoms in total. The zero-order valence-electron chi connectivity index (χ0n) is 12.0. The number of aryl methyl sites for hydroxylation is 1. The van der Waals surface area contributed by atoms with E-state index >= 15 is 0 Å². The minimum Gasteiger partial charge on any atom is -0.390 e. The van der Waals surface area contributed by atoms with E-state index in [1.165, 1.54) is 0 Å². The third kappa shape index (κ3) is 3.72. The number of imidazole rings is 1. The van der Waals surface area contributed by atoms with Crippen LogP contribution >= 0.6 is 0 Å². The van der Waals surface area contributed by atoms with Crippen molar-refractivity contribution in [2.24, 2.45) is 0 Å². The zero-order chi connectivity index (χ0) is 14.3. The van der Waals surface area contributed by atoms with Gasteiger partial charge in [-0.2, -0.15) is 5.26 Å². The van der Waals surface area contributed by atoms with Gasteiger partial charge in [-0.3, -0.25) is 0 Å². The van der Waals surface area contributed by atoms with Gasteiger partial charge in [0, 0.05) is 25.7 Å². The molecule has 1 aromatic heterocycles. The number of aromatic nitrogens is 2. The molecule has 0 amide bonds. The molecule has 0 saturated carbocycles. The molecule has 0 aliphatic heterocycles. The van der Waals surface area contributed by atoms with E-state index in [1.807, 2.05) is 27.0 Å². The largest absolute Gasteiger partial charge is 0.390 e. The summed E-state index contributed by atoms with van der Waals surface area (Å²) in [6.07, 6.45) is 6.30. The highest BCUT2D eigenvalue weighted by Gasteiger charge is 2.05. The van der Waals surface area contributed by atoms with E-state index in [4.69, 9.17) is 5.26 Å². The number of unbranched alkanes of at least 4 members (excludes halogenated alkanes) is 2. The van der Waals surface area contributed by atoms with Crippen molar-refractivity contribution in [3.63, 3.8) is 0 Å². The second-order valence-corrected chi connectivity index (χ2v) is 4.44. The van der Waals surface area contributed by atoms with Gasteiger partial charge in [0.25, 0.3) is 0 Å². The zero-order valence-corrected chi connectivity index (χ0v) is 12.0. The Balaban J connectivity index is 3.19. The molecule has 0 radical (unpaired) electrons. The third-order valence-corrected chi connectivity index (χ3v) is 3.12. The van der Waals surface area contributed by atoms with Crippen LogP contribution in [0.2, 0.25) is 0 Å². The van der Waals surface area contributed by atoms with Crippen LogP contribution in [-0.2, 0) is 6.54 Å². The molecule has 19 heavy (non-hydrogen) atoms. The predicted molar refractivity (Wildman–Crippen MR) is 78.5 cm³/mol. The van der Waals surface area contributed by atoms with Gasteiger partial charge in [-0.15, -0.1) is 0 Å². The molecule has 0 aliphatic carbocycles. The number of rotatable bonds is 6. The van der Waals surface area contributed by atoms with E-state index in [-0.39, 0.29) is 0 Å². The standard InChI is InChI=1S/C15H22N4/c1-5-9-14-15(12(2)17-4)18-13(3)19(14)11-8-6-7-10-16/h5,9,17H,1,6-8,11H2,2-4H3/b14-9+,15-12-. The van der Waals surface area contributed by atoms with Gasteiger partial charge in [-0.05, 0) is 32.8 Å². The molecule has 1 heterocycles. The van der Waals surface area contributed by atoms with Crippen molar-refractivity contribution >= 4 is 11.8 Å². The number of allylic oxidation sites excluding steroid dienone is 1. The molecule has 0 unspecified atom stereocenters. The maximum atomic E-state index is 8.57. The fourth-order valence-corrected chi connectivity index (χ4v) is 2.01. The minimum absolute atomic E-state index is 0.614. The van der Waals surface area contributed by atoms with Crippen molar-refractivity contribution < 1.29 is 0 Å². The summed E-state index contributed by atoms with van der Waals surface area (Å²) >= 11 is 0. The van der Waals surface area contributed by atoms with Crippen LogP contribution in [0.1, 0.15) is 32.0 Å². The first-order valence-corrected chi connectivity index (χ1v) is 6.57. The van der Waals surface area contributed by atoms with Crippen LogP contribution in [0.5, 0.6) is 0 Å². The van der Waals surface area contributed by atoms with Gasteiger partial charge in [0.1, 0.15) is 11.2 Å². The third-order valence-electron chi connectivity index (χ3n) is 3.12. The number of nitrogens with zero attached hydrogens (tertiary/aromatic N) is 3. The van der Waals surface area contributed by atoms with Crippen molar-refractivity contribution in [3.8, 4) is 6.07 Å². The van der Waals surface area contributed by atoms with Crippen LogP contribution in [0.4, 0.5) is 0 Å². The second-order valence-electron chi connectivity index (χ2n) is 4.44. The van der Waals surface area contributed by atoms with Gasteiger partial charge in [0.05, 0.1) is 11.4 Å². The Labute approximate surface area is 114 Å². The fourth-order valence-electron chi connectivity index (χ4n) is 2.01. The Bertz CT molecular complexity index is 587. The smallest absolute Gasteiger partial charge is 0.107 e. The highest BCUT2D eigenvalue weighted by molar-refractivity contribution is 5.41. The maximum absolute atomic E-state index is 8.57. The fraction of sp³-hybridized carbons (Fsp3) is 0.467. The molecule has 0 bridgehead atoms. The second kappa shape index (κ2) is 7.42. The minimum atomic E-state index is 0.614. The highest BCUT2D eigenvalue weighted by Crippen LogP contribution is 1.98. The molecular formula is C15H22N4. The number of hydrogen-bond acceptors (Lipinski definition) is 3. The first kappa shape index (κ1) is 15.0. The van der Waals surface area contributed by atoms with Crippen molar-refractivity contribution in [1.29, 1.82) is 5.26 Å². The first-order chi connectivity index (χ1) is 9.15. The van der Waals surface area contributed by atoms with Gasteiger partial charge in [0.2, 0.25) is 0 Å². The van der Waals surface area contributed by atoms with E-state index in [9.17, 15) is 0 Å². The lowest BCUT2D eigenvalue weighted by atomic mass is 10.2. The van der Waals surface area contributed by atoms with E-state index < -0.39 is 0 Å². The molecule has 0 aliphatic rings. The Kier molecular flexibility index (Phi) is 5.87. The molecule has 4 heteroatoms. The monoisotopic (exact) mass is 258 g/mol.